The molecule has 0 saturated carbocycles. The van der Waals surface area contributed by atoms with Gasteiger partial charge in [0.1, 0.15) is 0 Å². The van der Waals surface area contributed by atoms with Gasteiger partial charge in [0, 0.05) is 35.9 Å². The van der Waals surface area contributed by atoms with Crippen LogP contribution in [-0.4, -0.2) is 31.6 Å². The Hall–Kier alpha value is -0.380. The van der Waals surface area contributed by atoms with Crippen LogP contribution in [0.2, 0.25) is 5.02 Å². The zero-order valence-corrected chi connectivity index (χ0v) is 15.5. The van der Waals surface area contributed by atoms with Crippen molar-refractivity contribution in [2.75, 3.05) is 30.5 Å². The molecule has 0 heterocycles. The number of thioether (sulfide) groups is 1. The third-order valence-electron chi connectivity index (χ3n) is 3.73. The molecule has 0 aromatic heterocycles. The SMILES string of the molecule is CSCCC(C)N(C)c1cccc(Cl)c1CNCC(C)C. The van der Waals surface area contributed by atoms with Gasteiger partial charge in [0.2, 0.25) is 0 Å². The number of nitrogens with zero attached hydrogens (tertiary/aromatic N) is 1. The topological polar surface area (TPSA) is 15.3 Å². The molecule has 1 aromatic rings. The molecule has 0 aliphatic heterocycles. The summed E-state index contributed by atoms with van der Waals surface area (Å²) in [5.74, 6) is 1.83. The second-order valence-electron chi connectivity index (χ2n) is 6.00. The Kier molecular flexibility index (Phi) is 8.53. The fourth-order valence-corrected chi connectivity index (χ4v) is 3.07. The van der Waals surface area contributed by atoms with E-state index < -0.39 is 0 Å². The highest BCUT2D eigenvalue weighted by molar-refractivity contribution is 7.98. The summed E-state index contributed by atoms with van der Waals surface area (Å²) < 4.78 is 0. The van der Waals surface area contributed by atoms with E-state index in [1.807, 2.05) is 23.9 Å². The summed E-state index contributed by atoms with van der Waals surface area (Å²) in [5, 5.41) is 4.36. The number of halogens is 1. The lowest BCUT2D eigenvalue weighted by atomic mass is 10.1. The van der Waals surface area contributed by atoms with Crippen molar-refractivity contribution >= 4 is 29.1 Å². The Morgan fingerprint density at radius 2 is 2.00 bits per heavy atom. The van der Waals surface area contributed by atoms with Gasteiger partial charge in [-0.2, -0.15) is 11.8 Å². The van der Waals surface area contributed by atoms with E-state index >= 15 is 0 Å². The molecule has 0 radical (unpaired) electrons. The fourth-order valence-electron chi connectivity index (χ4n) is 2.26. The highest BCUT2D eigenvalue weighted by Crippen LogP contribution is 2.28. The lowest BCUT2D eigenvalue weighted by Gasteiger charge is -2.29. The summed E-state index contributed by atoms with van der Waals surface area (Å²) in [4.78, 5) is 2.36. The number of benzene rings is 1. The van der Waals surface area contributed by atoms with E-state index in [1.54, 1.807) is 0 Å². The van der Waals surface area contributed by atoms with E-state index in [0.717, 1.165) is 18.1 Å². The first kappa shape index (κ1) is 18.7. The number of anilines is 1. The van der Waals surface area contributed by atoms with Gasteiger partial charge < -0.3 is 10.2 Å². The van der Waals surface area contributed by atoms with Crippen molar-refractivity contribution in [2.45, 2.75) is 39.8 Å². The van der Waals surface area contributed by atoms with Crippen LogP contribution < -0.4 is 10.2 Å². The second-order valence-corrected chi connectivity index (χ2v) is 7.40. The molecule has 120 valence electrons. The van der Waals surface area contributed by atoms with E-state index in [4.69, 9.17) is 11.6 Å². The summed E-state index contributed by atoms with van der Waals surface area (Å²) >= 11 is 8.33. The van der Waals surface area contributed by atoms with E-state index in [0.29, 0.717) is 12.0 Å². The second kappa shape index (κ2) is 9.60. The number of hydrogen-bond donors (Lipinski definition) is 1. The third-order valence-corrected chi connectivity index (χ3v) is 4.73. The minimum absolute atomic E-state index is 0.514. The molecule has 4 heteroatoms. The summed E-state index contributed by atoms with van der Waals surface area (Å²) in [5.41, 5.74) is 2.45. The van der Waals surface area contributed by atoms with Gasteiger partial charge in [-0.3, -0.25) is 0 Å². The van der Waals surface area contributed by atoms with Crippen molar-refractivity contribution in [3.8, 4) is 0 Å². The van der Waals surface area contributed by atoms with E-state index in [2.05, 4.69) is 50.4 Å². The summed E-state index contributed by atoms with van der Waals surface area (Å²) in [6.07, 6.45) is 3.34. The van der Waals surface area contributed by atoms with Crippen LogP contribution in [0.15, 0.2) is 18.2 Å². The van der Waals surface area contributed by atoms with Crippen molar-refractivity contribution in [1.82, 2.24) is 5.32 Å². The van der Waals surface area contributed by atoms with Crippen LogP contribution >= 0.6 is 23.4 Å². The summed E-state index contributed by atoms with van der Waals surface area (Å²) in [7, 11) is 2.17. The maximum Gasteiger partial charge on any atom is 0.0471 e. The minimum atomic E-state index is 0.514. The lowest BCUT2D eigenvalue weighted by molar-refractivity contribution is 0.551. The van der Waals surface area contributed by atoms with Crippen LogP contribution in [0, 0.1) is 5.92 Å². The molecule has 1 N–H and O–H groups in total. The Labute approximate surface area is 139 Å². The quantitative estimate of drug-likeness (QED) is 0.709. The van der Waals surface area contributed by atoms with Crippen LogP contribution in [0.25, 0.3) is 0 Å². The van der Waals surface area contributed by atoms with Crippen molar-refractivity contribution < 1.29 is 0 Å². The van der Waals surface area contributed by atoms with Gasteiger partial charge in [-0.1, -0.05) is 31.5 Å². The van der Waals surface area contributed by atoms with Gasteiger partial charge in [-0.15, -0.1) is 0 Å². The molecular formula is C17H29ClN2S. The maximum atomic E-state index is 6.43. The Morgan fingerprint density at radius 3 is 2.62 bits per heavy atom. The van der Waals surface area contributed by atoms with Gasteiger partial charge >= 0.3 is 0 Å². The van der Waals surface area contributed by atoms with Crippen LogP contribution in [0.5, 0.6) is 0 Å². The van der Waals surface area contributed by atoms with E-state index in [-0.39, 0.29) is 0 Å². The van der Waals surface area contributed by atoms with E-state index in [9.17, 15) is 0 Å². The maximum absolute atomic E-state index is 6.43. The predicted octanol–water partition coefficient (Wildman–Crippen LogP) is 4.66. The molecule has 0 spiro atoms. The van der Waals surface area contributed by atoms with Gasteiger partial charge in [0.05, 0.1) is 0 Å². The van der Waals surface area contributed by atoms with Crippen molar-refractivity contribution in [3.63, 3.8) is 0 Å². The van der Waals surface area contributed by atoms with Crippen molar-refractivity contribution in [2.24, 2.45) is 5.92 Å². The Bertz CT molecular complexity index is 423. The average molecular weight is 329 g/mol. The molecule has 0 saturated heterocycles. The molecule has 1 rings (SSSR count). The summed E-state index contributed by atoms with van der Waals surface area (Å²) in [6.45, 7) is 8.56. The van der Waals surface area contributed by atoms with Gasteiger partial charge in [0.25, 0.3) is 0 Å². The monoisotopic (exact) mass is 328 g/mol. The van der Waals surface area contributed by atoms with Crippen LogP contribution in [0.4, 0.5) is 5.69 Å². The first-order valence-corrected chi connectivity index (χ1v) is 9.44. The third kappa shape index (κ3) is 6.09. The highest BCUT2D eigenvalue weighted by Gasteiger charge is 2.15. The van der Waals surface area contributed by atoms with Crippen molar-refractivity contribution in [3.05, 3.63) is 28.8 Å². The first-order chi connectivity index (χ1) is 9.97. The lowest BCUT2D eigenvalue weighted by Crippen LogP contribution is -2.31. The van der Waals surface area contributed by atoms with Crippen LogP contribution in [-0.2, 0) is 6.54 Å². The Balaban J connectivity index is 2.82. The highest BCUT2D eigenvalue weighted by atomic mass is 35.5. The van der Waals surface area contributed by atoms with Crippen LogP contribution in [0.3, 0.4) is 0 Å². The minimum Gasteiger partial charge on any atom is -0.372 e. The van der Waals surface area contributed by atoms with Gasteiger partial charge in [0.15, 0.2) is 0 Å². The first-order valence-electron chi connectivity index (χ1n) is 7.67. The molecule has 1 atom stereocenters. The molecule has 1 aromatic carbocycles. The Morgan fingerprint density at radius 1 is 1.29 bits per heavy atom. The average Bonchev–Trinajstić information content (AvgIpc) is 2.45. The standard InChI is InChI=1S/C17H29ClN2S/c1-13(2)11-19-12-15-16(18)7-6-8-17(15)20(4)14(3)9-10-21-5/h6-8,13-14,19H,9-12H2,1-5H3. The number of rotatable bonds is 9. The number of nitrogens with one attached hydrogen (secondary N) is 1. The fraction of sp³-hybridized carbons (Fsp3) is 0.647. The normalized spacial score (nSPS) is 12.7. The largest absolute Gasteiger partial charge is 0.372 e. The van der Waals surface area contributed by atoms with Crippen molar-refractivity contribution in [1.29, 1.82) is 0 Å². The summed E-state index contributed by atoms with van der Waals surface area (Å²) in [6, 6.07) is 6.72. The van der Waals surface area contributed by atoms with Crippen LogP contribution in [0.1, 0.15) is 32.8 Å². The molecule has 0 aliphatic rings. The predicted molar refractivity (Wildman–Crippen MR) is 98.9 cm³/mol. The van der Waals surface area contributed by atoms with E-state index in [1.165, 1.54) is 23.4 Å². The molecule has 0 aliphatic carbocycles. The molecule has 0 fully saturated rings. The molecule has 0 amide bonds. The zero-order chi connectivity index (χ0) is 15.8. The molecule has 0 bridgehead atoms. The molecule has 1 unspecified atom stereocenters. The number of hydrogen-bond acceptors (Lipinski definition) is 3. The molecule has 2 nitrogen and oxygen atoms in total. The molecule has 21 heavy (non-hydrogen) atoms. The zero-order valence-electron chi connectivity index (χ0n) is 13.9. The van der Waals surface area contributed by atoms with Gasteiger partial charge in [-0.05, 0) is 49.9 Å². The van der Waals surface area contributed by atoms with Gasteiger partial charge in [-0.25, -0.2) is 0 Å². The molecular weight excluding hydrogens is 300 g/mol. The smallest absolute Gasteiger partial charge is 0.0471 e.